The number of amides is 1. The second-order valence-electron chi connectivity index (χ2n) is 7.66. The Kier molecular flexibility index (Phi) is 9.64. The topological polar surface area (TPSA) is 43.1 Å². The van der Waals surface area contributed by atoms with E-state index >= 15 is 0 Å². The molecular weight excluding hydrogens is 395 g/mol. The number of ether oxygens (including phenoxy) is 2. The first-order valence-electron chi connectivity index (χ1n) is 10.5. The van der Waals surface area contributed by atoms with E-state index in [2.05, 4.69) is 24.9 Å². The first kappa shape index (κ1) is 24.5. The van der Waals surface area contributed by atoms with Gasteiger partial charge in [0.05, 0.1) is 24.9 Å². The molecule has 0 aromatic heterocycles. The summed E-state index contributed by atoms with van der Waals surface area (Å²) in [4.78, 5) is 16.5. The molecule has 6 heteroatoms. The highest BCUT2D eigenvalue weighted by molar-refractivity contribution is 5.55. The Bertz CT molecular complexity index is 820. The van der Waals surface area contributed by atoms with Gasteiger partial charge in [-0.15, -0.1) is 0 Å². The lowest BCUT2D eigenvalue weighted by Gasteiger charge is -2.35. The van der Waals surface area contributed by atoms with E-state index in [9.17, 15) is 9.18 Å². The Morgan fingerprint density at radius 2 is 2.00 bits per heavy atom. The Morgan fingerprint density at radius 1 is 1.29 bits per heavy atom. The molecule has 2 heterocycles. The molecule has 1 saturated heterocycles. The molecule has 0 bridgehead atoms. The van der Waals surface area contributed by atoms with Crippen molar-refractivity contribution in [3.8, 4) is 6.57 Å². The minimum Gasteiger partial charge on any atom is -0.376 e. The van der Waals surface area contributed by atoms with E-state index in [1.54, 1.807) is 29.2 Å². The molecule has 0 spiro atoms. The summed E-state index contributed by atoms with van der Waals surface area (Å²) in [5, 5.41) is 0. The molecule has 2 aliphatic heterocycles. The van der Waals surface area contributed by atoms with Gasteiger partial charge in [0, 0.05) is 13.5 Å². The quantitative estimate of drug-likeness (QED) is 0.581. The largest absolute Gasteiger partial charge is 0.376 e. The van der Waals surface area contributed by atoms with E-state index in [-0.39, 0.29) is 24.2 Å². The fraction of sp³-hybridized carbons (Fsp3) is 0.440. The van der Waals surface area contributed by atoms with E-state index in [1.807, 2.05) is 6.92 Å². The Balaban J connectivity index is 0.000000245. The van der Waals surface area contributed by atoms with Crippen LogP contribution in [0.5, 0.6) is 0 Å². The minimum atomic E-state index is -0.287. The number of hydrogen-bond acceptors (Lipinski definition) is 3. The minimum absolute atomic E-state index is 0.170. The average molecular weight is 428 g/mol. The van der Waals surface area contributed by atoms with Crippen LogP contribution in [0.3, 0.4) is 0 Å². The average Bonchev–Trinajstić information content (AvgIpc) is 2.80. The molecular formula is C25H32FN2O3+. The van der Waals surface area contributed by atoms with E-state index in [1.165, 1.54) is 12.1 Å². The molecule has 1 aromatic rings. The molecule has 5 nitrogen and oxygen atoms in total. The molecule has 0 saturated carbocycles. The molecule has 2 aliphatic rings. The third-order valence-electron chi connectivity index (χ3n) is 5.48. The molecule has 1 fully saturated rings. The smallest absolute Gasteiger partial charge is 0.373 e. The maximum Gasteiger partial charge on any atom is 0.373 e. The van der Waals surface area contributed by atoms with Crippen molar-refractivity contribution in [2.75, 3.05) is 13.2 Å². The van der Waals surface area contributed by atoms with Gasteiger partial charge >= 0.3 is 6.23 Å². The predicted molar refractivity (Wildman–Crippen MR) is 121 cm³/mol. The molecule has 0 aliphatic carbocycles. The highest BCUT2D eigenvalue weighted by Gasteiger charge is 2.27. The molecule has 2 unspecified atom stereocenters. The number of allylic oxidation sites excluding steroid dienone is 1. The zero-order chi connectivity index (χ0) is 22.8. The monoisotopic (exact) mass is 427 g/mol. The second-order valence-corrected chi connectivity index (χ2v) is 7.66. The van der Waals surface area contributed by atoms with E-state index < -0.39 is 0 Å². The van der Waals surface area contributed by atoms with Gasteiger partial charge in [0.2, 0.25) is 6.41 Å². The normalized spacial score (nSPS) is 24.3. The number of benzene rings is 1. The molecule has 1 amide bonds. The summed E-state index contributed by atoms with van der Waals surface area (Å²) in [6.45, 7) is 17.9. The van der Waals surface area contributed by atoms with Gasteiger partial charge in [0.25, 0.3) is 6.57 Å². The molecule has 0 N–H and O–H groups in total. The Hall–Kier alpha value is -2.75. The van der Waals surface area contributed by atoms with Crippen molar-refractivity contribution >= 4 is 6.41 Å². The van der Waals surface area contributed by atoms with Crippen molar-refractivity contribution in [3.63, 3.8) is 0 Å². The third kappa shape index (κ3) is 6.88. The van der Waals surface area contributed by atoms with Crippen LogP contribution in [0.15, 0.2) is 60.7 Å². The van der Waals surface area contributed by atoms with E-state index in [0.717, 1.165) is 42.4 Å². The van der Waals surface area contributed by atoms with Gasteiger partial charge in [0.1, 0.15) is 5.82 Å². The summed E-state index contributed by atoms with van der Waals surface area (Å²) < 4.78 is 23.9. The van der Waals surface area contributed by atoms with Crippen LogP contribution in [-0.4, -0.2) is 42.9 Å². The van der Waals surface area contributed by atoms with E-state index in [4.69, 9.17) is 16.0 Å². The highest BCUT2D eigenvalue weighted by atomic mass is 19.1. The van der Waals surface area contributed by atoms with Gasteiger partial charge in [-0.1, -0.05) is 42.3 Å². The number of carbonyl (C=O) groups is 1. The molecule has 1 aromatic carbocycles. The lowest BCUT2D eigenvalue weighted by atomic mass is 9.88. The first-order valence-corrected chi connectivity index (χ1v) is 10.5. The third-order valence-corrected chi connectivity index (χ3v) is 5.48. The van der Waals surface area contributed by atoms with Crippen LogP contribution in [-0.2, 0) is 14.3 Å². The lowest BCUT2D eigenvalue weighted by molar-refractivity contribution is -0.119. The van der Waals surface area contributed by atoms with Crippen molar-refractivity contribution in [1.82, 2.24) is 4.90 Å². The summed E-state index contributed by atoms with van der Waals surface area (Å²) in [6.07, 6.45) is 7.57. The predicted octanol–water partition coefficient (Wildman–Crippen LogP) is 5.28. The molecule has 31 heavy (non-hydrogen) atoms. The van der Waals surface area contributed by atoms with Crippen molar-refractivity contribution < 1.29 is 18.7 Å². The number of hydrogen-bond donors (Lipinski definition) is 0. The fourth-order valence-corrected chi connectivity index (χ4v) is 3.75. The standard InChI is InChI=1S/C16H16FNO.C9H16NO2/c1-3-12-9-10-18(11-19)16(15(12)4-2)13-5-7-14(17)8-6-13;1-7-4-5-9(6-11-7)12-8(2)10-3/h3-8,11,16H,1-2,9-10H2;3,7-9H,4-6H2,1-2H3/q;+1/t16-;7-,8?,9?/m00/s1. The summed E-state index contributed by atoms with van der Waals surface area (Å²) in [5.41, 5.74) is 2.92. The van der Waals surface area contributed by atoms with Crippen LogP contribution in [0.2, 0.25) is 0 Å². The van der Waals surface area contributed by atoms with Crippen LogP contribution < -0.4 is 0 Å². The number of carbonyl (C=O) groups excluding carboxylic acids is 1. The Labute approximate surface area is 184 Å². The van der Waals surface area contributed by atoms with Crippen molar-refractivity contribution in [2.24, 2.45) is 0 Å². The summed E-state index contributed by atoms with van der Waals surface area (Å²) >= 11 is 0. The molecule has 166 valence electrons. The van der Waals surface area contributed by atoms with Gasteiger partial charge in [-0.05, 0) is 55.0 Å². The van der Waals surface area contributed by atoms with Crippen molar-refractivity contribution in [2.45, 2.75) is 57.6 Å². The van der Waals surface area contributed by atoms with Crippen LogP contribution in [0, 0.1) is 12.4 Å². The van der Waals surface area contributed by atoms with Gasteiger partial charge in [-0.3, -0.25) is 4.79 Å². The molecule has 0 radical (unpaired) electrons. The van der Waals surface area contributed by atoms with E-state index in [0.29, 0.717) is 19.3 Å². The van der Waals surface area contributed by atoms with Crippen LogP contribution in [0.1, 0.15) is 44.7 Å². The maximum absolute atomic E-state index is 13.0. The lowest BCUT2D eigenvalue weighted by Crippen LogP contribution is -2.33. The summed E-state index contributed by atoms with van der Waals surface area (Å²) in [6, 6.07) is 6.00. The first-order chi connectivity index (χ1) is 14.9. The number of halogens is 1. The van der Waals surface area contributed by atoms with Gasteiger partial charge < -0.3 is 14.4 Å². The van der Waals surface area contributed by atoms with Gasteiger partial charge in [0.15, 0.2) is 0 Å². The van der Waals surface area contributed by atoms with Crippen LogP contribution in [0.4, 0.5) is 4.39 Å². The van der Waals surface area contributed by atoms with Crippen LogP contribution >= 0.6 is 0 Å². The van der Waals surface area contributed by atoms with Crippen molar-refractivity contribution in [3.05, 3.63) is 76.9 Å². The summed E-state index contributed by atoms with van der Waals surface area (Å²) in [5.74, 6) is -0.287. The SMILES string of the molecule is C#[N+]C(C)OC1CC[C@H](C)OC1.C=CC1=C(C=C)[C@H](c2ccc(F)cc2)N(C=O)CC1. The van der Waals surface area contributed by atoms with Gasteiger partial charge in [-0.2, -0.15) is 0 Å². The number of nitrogens with zero attached hydrogens (tertiary/aromatic N) is 2. The Morgan fingerprint density at radius 3 is 2.52 bits per heavy atom. The fourth-order valence-electron chi connectivity index (χ4n) is 3.75. The second kappa shape index (κ2) is 12.2. The van der Waals surface area contributed by atoms with Crippen LogP contribution in [0.25, 0.3) is 4.85 Å². The zero-order valence-electron chi connectivity index (χ0n) is 18.4. The van der Waals surface area contributed by atoms with Crippen molar-refractivity contribution in [1.29, 1.82) is 0 Å². The highest BCUT2D eigenvalue weighted by Crippen LogP contribution is 2.35. The molecule has 3 rings (SSSR count). The zero-order valence-corrected chi connectivity index (χ0v) is 18.4. The maximum atomic E-state index is 13.0. The molecule has 4 atom stereocenters. The summed E-state index contributed by atoms with van der Waals surface area (Å²) in [7, 11) is 0. The van der Waals surface area contributed by atoms with Gasteiger partial charge in [-0.25, -0.2) is 4.39 Å². The number of rotatable bonds is 6.